The van der Waals surface area contributed by atoms with Gasteiger partial charge in [-0.1, -0.05) is 11.6 Å². The van der Waals surface area contributed by atoms with Gasteiger partial charge < -0.3 is 5.43 Å². The van der Waals surface area contributed by atoms with E-state index in [0.717, 1.165) is 34.0 Å². The highest BCUT2D eigenvalue weighted by Crippen LogP contribution is 2.40. The lowest BCUT2D eigenvalue weighted by atomic mass is 10.2. The number of anilines is 1. The summed E-state index contributed by atoms with van der Waals surface area (Å²) in [4.78, 5) is 9.01. The molecule has 3 N–H and O–H groups in total. The number of halogens is 2. The minimum Gasteiger partial charge on any atom is -0.308 e. The maximum Gasteiger partial charge on any atom is 0.151 e. The third kappa shape index (κ3) is 1.99. The fraction of sp³-hybridized carbons (Fsp3) is 0.273. The van der Waals surface area contributed by atoms with Crippen molar-refractivity contribution in [3.05, 3.63) is 27.5 Å². The number of fused-ring (bicyclic) bond motifs is 1. The summed E-state index contributed by atoms with van der Waals surface area (Å²) in [6, 6.07) is 3.64. The molecule has 88 valence electrons. The second kappa shape index (κ2) is 4.08. The fourth-order valence-corrected chi connectivity index (χ4v) is 2.71. The Kier molecular flexibility index (Phi) is 2.69. The van der Waals surface area contributed by atoms with E-state index in [1.54, 1.807) is 0 Å². The van der Waals surface area contributed by atoms with Crippen LogP contribution in [0.2, 0.25) is 5.02 Å². The largest absolute Gasteiger partial charge is 0.308 e. The molecule has 6 heteroatoms. The second-order valence-corrected chi connectivity index (χ2v) is 5.42. The molecule has 1 aromatic heterocycles. The van der Waals surface area contributed by atoms with Gasteiger partial charge in [0.05, 0.1) is 5.52 Å². The maximum atomic E-state index is 6.01. The van der Waals surface area contributed by atoms with Crippen molar-refractivity contribution in [2.24, 2.45) is 5.84 Å². The molecule has 1 fully saturated rings. The number of nitrogens with one attached hydrogen (secondary N) is 1. The molecule has 1 saturated carbocycles. The van der Waals surface area contributed by atoms with Gasteiger partial charge in [-0.2, -0.15) is 0 Å². The number of hydrazine groups is 1. The molecule has 3 rings (SSSR count). The Morgan fingerprint density at radius 2 is 2.12 bits per heavy atom. The summed E-state index contributed by atoms with van der Waals surface area (Å²) < 4.78 is 0.862. The summed E-state index contributed by atoms with van der Waals surface area (Å²) in [6.45, 7) is 0. The van der Waals surface area contributed by atoms with Crippen LogP contribution in [0.4, 0.5) is 5.82 Å². The van der Waals surface area contributed by atoms with Crippen molar-refractivity contribution >= 4 is 44.3 Å². The second-order valence-electron chi connectivity index (χ2n) is 4.13. The van der Waals surface area contributed by atoms with E-state index in [0.29, 0.717) is 16.8 Å². The van der Waals surface area contributed by atoms with Gasteiger partial charge in [0.25, 0.3) is 0 Å². The monoisotopic (exact) mass is 312 g/mol. The number of hydrogen-bond acceptors (Lipinski definition) is 4. The van der Waals surface area contributed by atoms with Crippen molar-refractivity contribution in [3.8, 4) is 0 Å². The van der Waals surface area contributed by atoms with Crippen LogP contribution in [-0.2, 0) is 0 Å². The Balaban J connectivity index is 2.31. The van der Waals surface area contributed by atoms with Gasteiger partial charge in [0.2, 0.25) is 0 Å². The molecular weight excluding hydrogens is 304 g/mol. The number of benzene rings is 1. The van der Waals surface area contributed by atoms with Crippen LogP contribution in [0.3, 0.4) is 0 Å². The zero-order valence-corrected chi connectivity index (χ0v) is 11.2. The van der Waals surface area contributed by atoms with Gasteiger partial charge in [0, 0.05) is 20.8 Å². The third-order valence-electron chi connectivity index (χ3n) is 2.82. The zero-order chi connectivity index (χ0) is 12.0. The maximum absolute atomic E-state index is 6.01. The molecule has 0 radical (unpaired) electrons. The Labute approximate surface area is 112 Å². The standard InChI is InChI=1S/C11H10BrClN4/c12-8-4-6(13)3-7-9(8)15-10(5-1-2-5)16-11(7)17-14/h3-5H,1-2,14H2,(H,15,16,17). The van der Waals surface area contributed by atoms with Crippen LogP contribution in [0.1, 0.15) is 24.6 Å². The van der Waals surface area contributed by atoms with Gasteiger partial charge >= 0.3 is 0 Å². The molecule has 4 nitrogen and oxygen atoms in total. The normalized spacial score (nSPS) is 15.2. The first-order chi connectivity index (χ1) is 8.19. The molecule has 0 amide bonds. The molecule has 0 atom stereocenters. The molecule has 1 heterocycles. The van der Waals surface area contributed by atoms with E-state index in [-0.39, 0.29) is 0 Å². The van der Waals surface area contributed by atoms with E-state index in [1.165, 1.54) is 0 Å². The molecule has 0 unspecified atom stereocenters. The summed E-state index contributed by atoms with van der Waals surface area (Å²) in [5, 5.41) is 1.46. The van der Waals surface area contributed by atoms with Gasteiger partial charge in [0.1, 0.15) is 5.82 Å². The van der Waals surface area contributed by atoms with Crippen LogP contribution >= 0.6 is 27.5 Å². The summed E-state index contributed by atoms with van der Waals surface area (Å²) in [7, 11) is 0. The van der Waals surface area contributed by atoms with Crippen molar-refractivity contribution in [1.82, 2.24) is 9.97 Å². The molecule has 1 aliphatic carbocycles. The molecule has 1 aromatic carbocycles. The summed E-state index contributed by atoms with van der Waals surface area (Å²) in [6.07, 6.45) is 2.31. The molecule has 0 spiro atoms. The number of nitrogen functional groups attached to an aromatic ring is 1. The topological polar surface area (TPSA) is 63.8 Å². The minimum absolute atomic E-state index is 0.481. The lowest BCUT2D eigenvalue weighted by molar-refractivity contribution is 0.945. The van der Waals surface area contributed by atoms with Gasteiger partial charge in [-0.25, -0.2) is 15.8 Å². The van der Waals surface area contributed by atoms with E-state index in [1.807, 2.05) is 12.1 Å². The predicted octanol–water partition coefficient (Wildman–Crippen LogP) is 3.21. The zero-order valence-electron chi connectivity index (χ0n) is 8.87. The van der Waals surface area contributed by atoms with Crippen LogP contribution in [0, 0.1) is 0 Å². The highest BCUT2D eigenvalue weighted by atomic mass is 79.9. The average molecular weight is 314 g/mol. The molecule has 0 bridgehead atoms. The van der Waals surface area contributed by atoms with Gasteiger partial charge in [0.15, 0.2) is 5.82 Å². The van der Waals surface area contributed by atoms with Crippen molar-refractivity contribution in [2.75, 3.05) is 5.43 Å². The molecule has 1 aliphatic rings. The number of nitrogens with two attached hydrogens (primary N) is 1. The number of aromatic nitrogens is 2. The Morgan fingerprint density at radius 1 is 1.35 bits per heavy atom. The van der Waals surface area contributed by atoms with E-state index in [2.05, 4.69) is 31.3 Å². The minimum atomic E-state index is 0.481. The lowest BCUT2D eigenvalue weighted by Crippen LogP contribution is -2.11. The van der Waals surface area contributed by atoms with E-state index in [4.69, 9.17) is 17.4 Å². The van der Waals surface area contributed by atoms with Gasteiger partial charge in [-0.15, -0.1) is 0 Å². The van der Waals surface area contributed by atoms with E-state index in [9.17, 15) is 0 Å². The van der Waals surface area contributed by atoms with Crippen LogP contribution in [0.5, 0.6) is 0 Å². The number of hydrogen-bond donors (Lipinski definition) is 2. The number of nitrogens with zero attached hydrogens (tertiary/aromatic N) is 2. The van der Waals surface area contributed by atoms with Gasteiger partial charge in [-0.05, 0) is 40.9 Å². The Bertz CT molecular complexity index is 598. The SMILES string of the molecule is NNc1nc(C2CC2)nc2c(Br)cc(Cl)cc12. The Morgan fingerprint density at radius 3 is 2.76 bits per heavy atom. The first kappa shape index (κ1) is 11.2. The lowest BCUT2D eigenvalue weighted by Gasteiger charge is -2.09. The summed E-state index contributed by atoms with van der Waals surface area (Å²) in [5.41, 5.74) is 3.46. The Hall–Kier alpha value is -0.910. The third-order valence-corrected chi connectivity index (χ3v) is 3.64. The number of rotatable bonds is 2. The van der Waals surface area contributed by atoms with Crippen molar-refractivity contribution in [2.45, 2.75) is 18.8 Å². The van der Waals surface area contributed by atoms with Gasteiger partial charge in [-0.3, -0.25) is 0 Å². The quantitative estimate of drug-likeness (QED) is 0.660. The smallest absolute Gasteiger partial charge is 0.151 e. The van der Waals surface area contributed by atoms with Crippen molar-refractivity contribution in [1.29, 1.82) is 0 Å². The molecule has 17 heavy (non-hydrogen) atoms. The van der Waals surface area contributed by atoms with Crippen molar-refractivity contribution < 1.29 is 0 Å². The fourth-order valence-electron chi connectivity index (χ4n) is 1.81. The molecule has 0 saturated heterocycles. The summed E-state index contributed by atoms with van der Waals surface area (Å²) >= 11 is 9.48. The average Bonchev–Trinajstić information content (AvgIpc) is 3.11. The molecule has 2 aromatic rings. The highest BCUT2D eigenvalue weighted by Gasteiger charge is 2.27. The van der Waals surface area contributed by atoms with Crippen LogP contribution in [-0.4, -0.2) is 9.97 Å². The highest BCUT2D eigenvalue weighted by molar-refractivity contribution is 9.10. The van der Waals surface area contributed by atoms with Crippen LogP contribution in [0.15, 0.2) is 16.6 Å². The van der Waals surface area contributed by atoms with E-state index >= 15 is 0 Å². The van der Waals surface area contributed by atoms with Crippen molar-refractivity contribution in [3.63, 3.8) is 0 Å². The molecule has 0 aliphatic heterocycles. The van der Waals surface area contributed by atoms with E-state index < -0.39 is 0 Å². The summed E-state index contributed by atoms with van der Waals surface area (Å²) in [5.74, 6) is 7.47. The van der Waals surface area contributed by atoms with Crippen LogP contribution < -0.4 is 11.3 Å². The molecular formula is C11H10BrClN4. The predicted molar refractivity (Wildman–Crippen MR) is 72.0 cm³/mol. The van der Waals surface area contributed by atoms with Crippen LogP contribution in [0.25, 0.3) is 10.9 Å². The first-order valence-electron chi connectivity index (χ1n) is 5.32. The first-order valence-corrected chi connectivity index (χ1v) is 6.49.